The summed E-state index contributed by atoms with van der Waals surface area (Å²) in [5, 5.41) is 3.42. The Balaban J connectivity index is 1.73. The Hall–Kier alpha value is -1.46. The van der Waals surface area contributed by atoms with Crippen LogP contribution in [0, 0.1) is 5.82 Å². The maximum Gasteiger partial charge on any atom is 0.248 e. The first kappa shape index (κ1) is 14.9. The van der Waals surface area contributed by atoms with E-state index in [1.807, 2.05) is 11.0 Å². The molecular formula is C15H21FN2O2. The fraction of sp³-hybridized carbons (Fsp3) is 0.533. The van der Waals surface area contributed by atoms with Crippen molar-refractivity contribution in [2.24, 2.45) is 0 Å². The molecule has 0 aromatic heterocycles. The van der Waals surface area contributed by atoms with Gasteiger partial charge in [-0.1, -0.05) is 12.1 Å². The van der Waals surface area contributed by atoms with Gasteiger partial charge in [-0.05, 0) is 30.5 Å². The third kappa shape index (κ3) is 4.28. The Morgan fingerprint density at radius 1 is 1.45 bits per heavy atom. The summed E-state index contributed by atoms with van der Waals surface area (Å²) in [7, 11) is 1.53. The summed E-state index contributed by atoms with van der Waals surface area (Å²) in [6.45, 7) is 2.32. The third-order valence-electron chi connectivity index (χ3n) is 3.60. The molecule has 0 spiro atoms. The van der Waals surface area contributed by atoms with Gasteiger partial charge in [0.25, 0.3) is 0 Å². The number of carbonyl (C=O) groups is 1. The highest BCUT2D eigenvalue weighted by molar-refractivity contribution is 5.77. The molecular weight excluding hydrogens is 259 g/mol. The Labute approximate surface area is 118 Å². The first-order chi connectivity index (χ1) is 9.69. The van der Waals surface area contributed by atoms with Crippen molar-refractivity contribution in [3.8, 4) is 0 Å². The Kier molecular flexibility index (Phi) is 5.49. The summed E-state index contributed by atoms with van der Waals surface area (Å²) < 4.78 is 17.9. The highest BCUT2D eigenvalue weighted by Crippen LogP contribution is 2.12. The van der Waals surface area contributed by atoms with Gasteiger partial charge < -0.3 is 15.0 Å². The molecule has 0 unspecified atom stereocenters. The molecule has 1 heterocycles. The molecule has 2 rings (SSSR count). The highest BCUT2D eigenvalue weighted by atomic mass is 19.1. The largest absolute Gasteiger partial charge is 0.375 e. The zero-order valence-electron chi connectivity index (χ0n) is 11.8. The van der Waals surface area contributed by atoms with Gasteiger partial charge >= 0.3 is 0 Å². The van der Waals surface area contributed by atoms with E-state index in [-0.39, 0.29) is 18.3 Å². The van der Waals surface area contributed by atoms with Crippen LogP contribution in [0.5, 0.6) is 0 Å². The molecule has 1 fully saturated rings. The van der Waals surface area contributed by atoms with Crippen molar-refractivity contribution in [2.75, 3.05) is 26.8 Å². The van der Waals surface area contributed by atoms with E-state index in [0.717, 1.165) is 31.5 Å². The van der Waals surface area contributed by atoms with Crippen LogP contribution in [0.25, 0.3) is 0 Å². The number of hydrogen-bond acceptors (Lipinski definition) is 3. The molecule has 0 aliphatic carbocycles. The Morgan fingerprint density at radius 3 is 2.85 bits per heavy atom. The summed E-state index contributed by atoms with van der Waals surface area (Å²) >= 11 is 0. The lowest BCUT2D eigenvalue weighted by molar-refractivity contribution is -0.136. The molecule has 1 aromatic carbocycles. The molecule has 0 saturated carbocycles. The van der Waals surface area contributed by atoms with Crippen LogP contribution < -0.4 is 5.32 Å². The van der Waals surface area contributed by atoms with Gasteiger partial charge in [-0.15, -0.1) is 0 Å². The van der Waals surface area contributed by atoms with Crippen LogP contribution in [0.2, 0.25) is 0 Å². The van der Waals surface area contributed by atoms with Crippen molar-refractivity contribution in [2.45, 2.75) is 25.4 Å². The van der Waals surface area contributed by atoms with Crippen molar-refractivity contribution in [1.82, 2.24) is 10.2 Å². The number of halogens is 1. The van der Waals surface area contributed by atoms with E-state index in [2.05, 4.69) is 5.32 Å². The van der Waals surface area contributed by atoms with E-state index in [0.29, 0.717) is 12.6 Å². The van der Waals surface area contributed by atoms with Gasteiger partial charge in [0.2, 0.25) is 5.91 Å². The lowest BCUT2D eigenvalue weighted by Crippen LogP contribution is -2.45. The van der Waals surface area contributed by atoms with Crippen molar-refractivity contribution < 1.29 is 13.9 Å². The van der Waals surface area contributed by atoms with Crippen LogP contribution >= 0.6 is 0 Å². The van der Waals surface area contributed by atoms with Gasteiger partial charge in [-0.25, -0.2) is 4.39 Å². The van der Waals surface area contributed by atoms with Crippen molar-refractivity contribution in [3.63, 3.8) is 0 Å². The van der Waals surface area contributed by atoms with Crippen LogP contribution in [-0.4, -0.2) is 43.7 Å². The molecule has 110 valence electrons. The molecule has 20 heavy (non-hydrogen) atoms. The molecule has 1 saturated heterocycles. The molecule has 0 bridgehead atoms. The SMILES string of the molecule is COCC(=O)N1CCC(NCc2cccc(F)c2)CC1. The molecule has 5 heteroatoms. The topological polar surface area (TPSA) is 41.6 Å². The van der Waals surface area contributed by atoms with Crippen LogP contribution in [0.4, 0.5) is 4.39 Å². The van der Waals surface area contributed by atoms with E-state index in [1.54, 1.807) is 12.1 Å². The Morgan fingerprint density at radius 2 is 2.20 bits per heavy atom. The molecule has 1 aliphatic heterocycles. The minimum absolute atomic E-state index is 0.0519. The molecule has 0 radical (unpaired) electrons. The van der Waals surface area contributed by atoms with E-state index < -0.39 is 0 Å². The third-order valence-corrected chi connectivity index (χ3v) is 3.60. The summed E-state index contributed by atoms with van der Waals surface area (Å²) in [4.78, 5) is 13.5. The molecule has 1 aromatic rings. The maximum absolute atomic E-state index is 13.1. The lowest BCUT2D eigenvalue weighted by Gasteiger charge is -2.32. The minimum atomic E-state index is -0.204. The van der Waals surface area contributed by atoms with Crippen LogP contribution in [-0.2, 0) is 16.1 Å². The number of nitrogens with one attached hydrogen (secondary N) is 1. The number of rotatable bonds is 5. The second kappa shape index (κ2) is 7.36. The summed E-state index contributed by atoms with van der Waals surface area (Å²) in [5.41, 5.74) is 0.947. The van der Waals surface area contributed by atoms with Crippen molar-refractivity contribution >= 4 is 5.91 Å². The fourth-order valence-corrected chi connectivity index (χ4v) is 2.46. The quantitative estimate of drug-likeness (QED) is 0.890. The smallest absolute Gasteiger partial charge is 0.248 e. The van der Waals surface area contributed by atoms with E-state index in [4.69, 9.17) is 4.74 Å². The second-order valence-electron chi connectivity index (χ2n) is 5.10. The molecule has 1 aliphatic rings. The number of ether oxygens (including phenoxy) is 1. The van der Waals surface area contributed by atoms with Crippen LogP contribution in [0.3, 0.4) is 0 Å². The predicted molar refractivity (Wildman–Crippen MR) is 74.7 cm³/mol. The number of amides is 1. The monoisotopic (exact) mass is 280 g/mol. The van der Waals surface area contributed by atoms with Crippen molar-refractivity contribution in [3.05, 3.63) is 35.6 Å². The van der Waals surface area contributed by atoms with Gasteiger partial charge in [0, 0.05) is 32.8 Å². The van der Waals surface area contributed by atoms with Gasteiger partial charge in [-0.2, -0.15) is 0 Å². The van der Waals surface area contributed by atoms with Crippen LogP contribution in [0.15, 0.2) is 24.3 Å². The average Bonchev–Trinajstić information content (AvgIpc) is 2.46. The highest BCUT2D eigenvalue weighted by Gasteiger charge is 2.22. The van der Waals surface area contributed by atoms with Gasteiger partial charge in [-0.3, -0.25) is 4.79 Å². The summed E-state index contributed by atoms with van der Waals surface area (Å²) in [5.74, 6) is -0.152. The number of methoxy groups -OCH3 is 1. The number of likely N-dealkylation sites (tertiary alicyclic amines) is 1. The molecule has 0 atom stereocenters. The Bertz CT molecular complexity index is 445. The van der Waals surface area contributed by atoms with E-state index in [1.165, 1.54) is 13.2 Å². The zero-order valence-corrected chi connectivity index (χ0v) is 11.8. The first-order valence-corrected chi connectivity index (χ1v) is 6.93. The standard InChI is InChI=1S/C15H21FN2O2/c1-20-11-15(19)18-7-5-14(6-8-18)17-10-12-3-2-4-13(16)9-12/h2-4,9,14,17H,5-8,10-11H2,1H3. The van der Waals surface area contributed by atoms with E-state index >= 15 is 0 Å². The summed E-state index contributed by atoms with van der Waals surface area (Å²) in [6, 6.07) is 7.00. The average molecular weight is 280 g/mol. The van der Waals surface area contributed by atoms with E-state index in [9.17, 15) is 9.18 Å². The second-order valence-corrected chi connectivity index (χ2v) is 5.10. The van der Waals surface area contributed by atoms with Gasteiger partial charge in [0.1, 0.15) is 12.4 Å². The molecule has 4 nitrogen and oxygen atoms in total. The molecule has 1 N–H and O–H groups in total. The number of carbonyl (C=O) groups excluding carboxylic acids is 1. The van der Waals surface area contributed by atoms with Crippen LogP contribution in [0.1, 0.15) is 18.4 Å². The number of benzene rings is 1. The number of hydrogen-bond donors (Lipinski definition) is 1. The number of nitrogens with zero attached hydrogens (tertiary/aromatic N) is 1. The number of piperidine rings is 1. The summed E-state index contributed by atoms with van der Waals surface area (Å²) in [6.07, 6.45) is 1.84. The van der Waals surface area contributed by atoms with Gasteiger partial charge in [0.05, 0.1) is 0 Å². The lowest BCUT2D eigenvalue weighted by atomic mass is 10.0. The molecule has 1 amide bonds. The first-order valence-electron chi connectivity index (χ1n) is 6.93. The van der Waals surface area contributed by atoms with Gasteiger partial charge in [0.15, 0.2) is 0 Å². The fourth-order valence-electron chi connectivity index (χ4n) is 2.46. The zero-order chi connectivity index (χ0) is 14.4. The predicted octanol–water partition coefficient (Wildman–Crippen LogP) is 1.55. The van der Waals surface area contributed by atoms with Crippen molar-refractivity contribution in [1.29, 1.82) is 0 Å². The maximum atomic E-state index is 13.1. The minimum Gasteiger partial charge on any atom is -0.375 e. The normalized spacial score (nSPS) is 16.4.